The van der Waals surface area contributed by atoms with Crippen LogP contribution in [0.1, 0.15) is 62.1 Å². The van der Waals surface area contributed by atoms with Gasteiger partial charge in [-0.05, 0) is 29.7 Å². The molecule has 38 heavy (non-hydrogen) atoms. The highest BCUT2D eigenvalue weighted by Gasteiger charge is 2.39. The Balaban J connectivity index is 1.45. The van der Waals surface area contributed by atoms with Crippen LogP contribution in [0.5, 0.6) is 0 Å². The summed E-state index contributed by atoms with van der Waals surface area (Å²) in [7, 11) is 0. The largest absolute Gasteiger partial charge is 0.369 e. The molecule has 0 saturated carbocycles. The van der Waals surface area contributed by atoms with Crippen LogP contribution in [0.3, 0.4) is 0 Å². The highest BCUT2D eigenvalue weighted by atomic mass is 16.6. The minimum absolute atomic E-state index is 0.0615. The molecule has 1 aliphatic rings. The first-order valence-electron chi connectivity index (χ1n) is 14.5. The van der Waals surface area contributed by atoms with Crippen LogP contribution >= 0.6 is 0 Å². The lowest BCUT2D eigenvalue weighted by atomic mass is 10.00. The van der Waals surface area contributed by atoms with Crippen LogP contribution in [-0.2, 0) is 34.0 Å². The SMILES string of the molecule is CCCCCCCCN1C[C@H](OCc2ccccc2)C(OCc2ccccc2)[C@H](OCc2ccccc2)C1. The zero-order valence-corrected chi connectivity index (χ0v) is 23.0. The minimum Gasteiger partial charge on any atom is -0.369 e. The van der Waals surface area contributed by atoms with E-state index in [2.05, 4.69) is 84.6 Å². The van der Waals surface area contributed by atoms with E-state index in [1.165, 1.54) is 55.2 Å². The van der Waals surface area contributed by atoms with Crippen LogP contribution in [0, 0.1) is 0 Å². The average molecular weight is 516 g/mol. The van der Waals surface area contributed by atoms with Gasteiger partial charge in [0.1, 0.15) is 6.10 Å². The number of hydrogen-bond donors (Lipinski definition) is 0. The summed E-state index contributed by atoms with van der Waals surface area (Å²) < 4.78 is 19.8. The van der Waals surface area contributed by atoms with Crippen molar-refractivity contribution in [1.29, 1.82) is 0 Å². The molecule has 204 valence electrons. The summed E-state index contributed by atoms with van der Waals surface area (Å²) in [6.45, 7) is 6.79. The lowest BCUT2D eigenvalue weighted by molar-refractivity contribution is -0.184. The second-order valence-electron chi connectivity index (χ2n) is 10.5. The molecule has 0 bridgehead atoms. The molecular formula is C34H45NO3. The second-order valence-corrected chi connectivity index (χ2v) is 10.5. The molecular weight excluding hydrogens is 470 g/mol. The average Bonchev–Trinajstić information content (AvgIpc) is 2.97. The second kappa shape index (κ2) is 16.5. The molecule has 4 rings (SSSR count). The smallest absolute Gasteiger partial charge is 0.113 e. The molecule has 3 aromatic carbocycles. The minimum atomic E-state index is -0.136. The van der Waals surface area contributed by atoms with Gasteiger partial charge in [0.2, 0.25) is 0 Å². The maximum Gasteiger partial charge on any atom is 0.113 e. The lowest BCUT2D eigenvalue weighted by Gasteiger charge is -2.43. The molecule has 3 aromatic rings. The van der Waals surface area contributed by atoms with Gasteiger partial charge in [-0.1, -0.05) is 130 Å². The first-order chi connectivity index (χ1) is 18.8. The summed E-state index contributed by atoms with van der Waals surface area (Å²) in [6.07, 6.45) is 7.55. The van der Waals surface area contributed by atoms with Gasteiger partial charge in [0, 0.05) is 13.1 Å². The van der Waals surface area contributed by atoms with E-state index in [9.17, 15) is 0 Å². The Labute approximate surface area is 229 Å². The first-order valence-corrected chi connectivity index (χ1v) is 14.5. The monoisotopic (exact) mass is 515 g/mol. The Morgan fingerprint density at radius 3 is 1.45 bits per heavy atom. The third-order valence-corrected chi connectivity index (χ3v) is 7.34. The summed E-state index contributed by atoms with van der Waals surface area (Å²) in [5, 5.41) is 0. The van der Waals surface area contributed by atoms with Crippen LogP contribution in [0.4, 0.5) is 0 Å². The molecule has 1 heterocycles. The summed E-state index contributed by atoms with van der Waals surface area (Å²) in [5.74, 6) is 0. The Kier molecular flexibility index (Phi) is 12.3. The molecule has 0 spiro atoms. The molecule has 1 aliphatic heterocycles. The third kappa shape index (κ3) is 9.67. The van der Waals surface area contributed by atoms with E-state index in [4.69, 9.17) is 14.2 Å². The molecule has 4 heteroatoms. The molecule has 4 nitrogen and oxygen atoms in total. The van der Waals surface area contributed by atoms with Crippen molar-refractivity contribution in [1.82, 2.24) is 4.90 Å². The predicted molar refractivity (Wildman–Crippen MR) is 155 cm³/mol. The van der Waals surface area contributed by atoms with E-state index in [0.29, 0.717) is 19.8 Å². The van der Waals surface area contributed by atoms with Gasteiger partial charge in [-0.3, -0.25) is 4.90 Å². The van der Waals surface area contributed by atoms with Gasteiger partial charge >= 0.3 is 0 Å². The number of nitrogens with zero attached hydrogens (tertiary/aromatic N) is 1. The zero-order valence-electron chi connectivity index (χ0n) is 23.0. The van der Waals surface area contributed by atoms with Crippen LogP contribution < -0.4 is 0 Å². The van der Waals surface area contributed by atoms with Crippen LogP contribution in [-0.4, -0.2) is 42.8 Å². The standard InChI is InChI=1S/C34H45NO3/c1-2-3-4-5-6-16-23-35-24-32(36-26-29-17-10-7-11-18-29)34(38-28-31-21-14-9-15-22-31)33(25-35)37-27-30-19-12-8-13-20-30/h7-15,17-22,32-34H,2-6,16,23-28H2,1H3/t32-,33+,34?. The fraction of sp³-hybridized carbons (Fsp3) is 0.471. The van der Waals surface area contributed by atoms with Gasteiger partial charge in [-0.25, -0.2) is 0 Å². The van der Waals surface area contributed by atoms with E-state index < -0.39 is 0 Å². The van der Waals surface area contributed by atoms with Crippen molar-refractivity contribution in [3.63, 3.8) is 0 Å². The topological polar surface area (TPSA) is 30.9 Å². The van der Waals surface area contributed by atoms with E-state index in [1.807, 2.05) is 18.2 Å². The van der Waals surface area contributed by atoms with Gasteiger partial charge in [0.25, 0.3) is 0 Å². The molecule has 0 amide bonds. The van der Waals surface area contributed by atoms with E-state index in [1.54, 1.807) is 0 Å². The summed E-state index contributed by atoms with van der Waals surface area (Å²) >= 11 is 0. The van der Waals surface area contributed by atoms with Crippen molar-refractivity contribution in [3.8, 4) is 0 Å². The van der Waals surface area contributed by atoms with E-state index in [-0.39, 0.29) is 18.3 Å². The van der Waals surface area contributed by atoms with Crippen LogP contribution in [0.2, 0.25) is 0 Å². The lowest BCUT2D eigenvalue weighted by Crippen LogP contribution is -2.58. The number of unbranched alkanes of at least 4 members (excludes halogenated alkanes) is 5. The Hall–Kier alpha value is -2.50. The van der Waals surface area contributed by atoms with Crippen LogP contribution in [0.25, 0.3) is 0 Å². The molecule has 0 aromatic heterocycles. The quantitative estimate of drug-likeness (QED) is 0.186. The maximum atomic E-state index is 6.61. The van der Waals surface area contributed by atoms with Crippen molar-refractivity contribution < 1.29 is 14.2 Å². The molecule has 0 N–H and O–H groups in total. The van der Waals surface area contributed by atoms with Crippen LogP contribution in [0.15, 0.2) is 91.0 Å². The van der Waals surface area contributed by atoms with Crippen molar-refractivity contribution >= 4 is 0 Å². The van der Waals surface area contributed by atoms with Crippen molar-refractivity contribution in [2.24, 2.45) is 0 Å². The summed E-state index contributed by atoms with van der Waals surface area (Å²) in [5.41, 5.74) is 3.54. The highest BCUT2D eigenvalue weighted by molar-refractivity contribution is 5.15. The highest BCUT2D eigenvalue weighted by Crippen LogP contribution is 2.25. The van der Waals surface area contributed by atoms with E-state index in [0.717, 1.165) is 19.6 Å². The van der Waals surface area contributed by atoms with Gasteiger partial charge in [0.15, 0.2) is 0 Å². The molecule has 3 atom stereocenters. The van der Waals surface area contributed by atoms with E-state index >= 15 is 0 Å². The van der Waals surface area contributed by atoms with Crippen molar-refractivity contribution in [2.45, 2.75) is 83.6 Å². The molecule has 1 fully saturated rings. The number of benzene rings is 3. The number of piperidine rings is 1. The molecule has 0 aliphatic carbocycles. The Bertz CT molecular complexity index is 945. The predicted octanol–water partition coefficient (Wildman–Crippen LogP) is 7.42. The summed E-state index contributed by atoms with van der Waals surface area (Å²) in [4.78, 5) is 2.54. The zero-order chi connectivity index (χ0) is 26.3. The van der Waals surface area contributed by atoms with Crippen molar-refractivity contribution in [3.05, 3.63) is 108 Å². The maximum absolute atomic E-state index is 6.61. The van der Waals surface area contributed by atoms with Gasteiger partial charge in [0.05, 0.1) is 32.0 Å². The van der Waals surface area contributed by atoms with Crippen molar-refractivity contribution in [2.75, 3.05) is 19.6 Å². The number of likely N-dealkylation sites (tertiary alicyclic amines) is 1. The number of hydrogen-bond acceptors (Lipinski definition) is 4. The normalized spacial score (nSPS) is 20.0. The number of ether oxygens (including phenoxy) is 3. The fourth-order valence-corrected chi connectivity index (χ4v) is 5.16. The molecule has 1 unspecified atom stereocenters. The number of rotatable bonds is 16. The van der Waals surface area contributed by atoms with Gasteiger partial charge in [-0.2, -0.15) is 0 Å². The molecule has 1 saturated heterocycles. The Morgan fingerprint density at radius 2 is 0.974 bits per heavy atom. The van der Waals surface area contributed by atoms with Gasteiger partial charge < -0.3 is 14.2 Å². The Morgan fingerprint density at radius 1 is 0.553 bits per heavy atom. The summed E-state index contributed by atoms with van der Waals surface area (Å²) in [6, 6.07) is 31.3. The third-order valence-electron chi connectivity index (χ3n) is 7.34. The molecule has 0 radical (unpaired) electrons. The van der Waals surface area contributed by atoms with Gasteiger partial charge in [-0.15, -0.1) is 0 Å². The fourth-order valence-electron chi connectivity index (χ4n) is 5.16. The first kappa shape index (κ1) is 28.5.